The maximum Gasteiger partial charge on any atom is 0.306 e. The highest BCUT2D eigenvalue weighted by molar-refractivity contribution is 5.69. The zero-order valence-electron chi connectivity index (χ0n) is 15.6. The standard InChI is InChI=1S/C22H36O2/c1-3-5-6-7-8-9-10-11-12-13-14-15-16-17-18-19-20-21(4-2)22(23)24/h7-8,10-11,14-15,17-18,21H,3-6,9,12-13,16,19-20H2,1-2H3,(H,23,24). The lowest BCUT2D eigenvalue weighted by Gasteiger charge is -2.06. The molecule has 0 rings (SSSR count). The molecular weight excluding hydrogens is 296 g/mol. The van der Waals surface area contributed by atoms with E-state index in [4.69, 9.17) is 5.11 Å². The zero-order valence-corrected chi connectivity index (χ0v) is 15.6. The second-order valence-corrected chi connectivity index (χ2v) is 6.10. The summed E-state index contributed by atoms with van der Waals surface area (Å²) in [5.41, 5.74) is 0. The van der Waals surface area contributed by atoms with Crippen molar-refractivity contribution in [3.8, 4) is 0 Å². The molecule has 1 N–H and O–H groups in total. The van der Waals surface area contributed by atoms with Crippen LogP contribution in [0.1, 0.15) is 78.1 Å². The van der Waals surface area contributed by atoms with Gasteiger partial charge in [0.15, 0.2) is 0 Å². The van der Waals surface area contributed by atoms with Crippen molar-refractivity contribution in [2.24, 2.45) is 5.92 Å². The highest BCUT2D eigenvalue weighted by Gasteiger charge is 2.12. The number of allylic oxidation sites excluding steroid dienone is 8. The Morgan fingerprint density at radius 1 is 0.792 bits per heavy atom. The number of carbonyl (C=O) groups is 1. The summed E-state index contributed by atoms with van der Waals surface area (Å²) in [7, 11) is 0. The van der Waals surface area contributed by atoms with Crippen molar-refractivity contribution in [3.05, 3.63) is 48.6 Å². The lowest BCUT2D eigenvalue weighted by Crippen LogP contribution is -2.11. The van der Waals surface area contributed by atoms with Crippen molar-refractivity contribution in [1.29, 1.82) is 0 Å². The first-order valence-corrected chi connectivity index (χ1v) is 9.55. The quantitative estimate of drug-likeness (QED) is 0.263. The van der Waals surface area contributed by atoms with Gasteiger partial charge in [-0.3, -0.25) is 4.79 Å². The van der Waals surface area contributed by atoms with Crippen molar-refractivity contribution >= 4 is 5.97 Å². The summed E-state index contributed by atoms with van der Waals surface area (Å²) < 4.78 is 0. The first kappa shape index (κ1) is 22.4. The number of aliphatic carboxylic acids is 1. The van der Waals surface area contributed by atoms with Gasteiger partial charge in [0.2, 0.25) is 0 Å². The smallest absolute Gasteiger partial charge is 0.306 e. The normalized spacial score (nSPS) is 13.8. The third-order valence-corrected chi connectivity index (χ3v) is 3.96. The van der Waals surface area contributed by atoms with Gasteiger partial charge in [-0.25, -0.2) is 0 Å². The van der Waals surface area contributed by atoms with Crippen molar-refractivity contribution in [2.45, 2.75) is 78.1 Å². The number of rotatable bonds is 15. The molecule has 0 aromatic heterocycles. The van der Waals surface area contributed by atoms with Crippen LogP contribution in [0.15, 0.2) is 48.6 Å². The van der Waals surface area contributed by atoms with Gasteiger partial charge in [-0.2, -0.15) is 0 Å². The molecule has 0 saturated heterocycles. The maximum absolute atomic E-state index is 10.9. The molecule has 136 valence electrons. The highest BCUT2D eigenvalue weighted by atomic mass is 16.4. The molecule has 0 spiro atoms. The Balaban J connectivity index is 3.54. The molecule has 24 heavy (non-hydrogen) atoms. The van der Waals surface area contributed by atoms with Crippen LogP contribution in [0.4, 0.5) is 0 Å². The number of hydrogen-bond acceptors (Lipinski definition) is 1. The van der Waals surface area contributed by atoms with Crippen LogP contribution in [0.5, 0.6) is 0 Å². The van der Waals surface area contributed by atoms with E-state index in [0.717, 1.165) is 38.5 Å². The minimum absolute atomic E-state index is 0.196. The molecule has 0 aliphatic rings. The highest BCUT2D eigenvalue weighted by Crippen LogP contribution is 2.11. The van der Waals surface area contributed by atoms with Gasteiger partial charge in [0.25, 0.3) is 0 Å². The Hall–Kier alpha value is -1.57. The number of unbranched alkanes of at least 4 members (excludes halogenated alkanes) is 3. The summed E-state index contributed by atoms with van der Waals surface area (Å²) in [6, 6.07) is 0. The third-order valence-electron chi connectivity index (χ3n) is 3.96. The molecule has 0 amide bonds. The van der Waals surface area contributed by atoms with Gasteiger partial charge in [-0.1, -0.05) is 75.3 Å². The van der Waals surface area contributed by atoms with E-state index >= 15 is 0 Å². The lowest BCUT2D eigenvalue weighted by atomic mass is 10.0. The second-order valence-electron chi connectivity index (χ2n) is 6.10. The molecule has 0 fully saturated rings. The Bertz CT molecular complexity index is 402. The van der Waals surface area contributed by atoms with E-state index in [1.807, 2.05) is 6.92 Å². The van der Waals surface area contributed by atoms with Crippen molar-refractivity contribution in [2.75, 3.05) is 0 Å². The molecule has 2 nitrogen and oxygen atoms in total. The predicted octanol–water partition coefficient (Wildman–Crippen LogP) is 6.85. The summed E-state index contributed by atoms with van der Waals surface area (Å²) in [6.07, 6.45) is 27.9. The van der Waals surface area contributed by atoms with Gasteiger partial charge in [0, 0.05) is 0 Å². The molecule has 0 heterocycles. The van der Waals surface area contributed by atoms with E-state index in [0.29, 0.717) is 6.42 Å². The molecule has 0 aromatic carbocycles. The van der Waals surface area contributed by atoms with Crippen LogP contribution in [0, 0.1) is 5.92 Å². The number of carboxylic acid groups (broad SMARTS) is 1. The van der Waals surface area contributed by atoms with Crippen LogP contribution in [-0.4, -0.2) is 11.1 Å². The molecular formula is C22H36O2. The topological polar surface area (TPSA) is 37.3 Å². The van der Waals surface area contributed by atoms with Crippen molar-refractivity contribution < 1.29 is 9.90 Å². The largest absolute Gasteiger partial charge is 0.481 e. The van der Waals surface area contributed by atoms with E-state index in [1.54, 1.807) is 0 Å². The lowest BCUT2D eigenvalue weighted by molar-refractivity contribution is -0.142. The maximum atomic E-state index is 10.9. The number of hydrogen-bond donors (Lipinski definition) is 1. The fraction of sp³-hybridized carbons (Fsp3) is 0.591. The fourth-order valence-corrected chi connectivity index (χ4v) is 2.33. The number of carboxylic acids is 1. The van der Waals surface area contributed by atoms with Crippen LogP contribution in [0.2, 0.25) is 0 Å². The van der Waals surface area contributed by atoms with Gasteiger partial charge < -0.3 is 5.11 Å². The molecule has 1 atom stereocenters. The second kappa shape index (κ2) is 17.8. The minimum atomic E-state index is -0.671. The van der Waals surface area contributed by atoms with E-state index in [9.17, 15) is 4.79 Å². The molecule has 0 bridgehead atoms. The fourth-order valence-electron chi connectivity index (χ4n) is 2.33. The Labute approximate surface area is 149 Å². The molecule has 0 aromatic rings. The summed E-state index contributed by atoms with van der Waals surface area (Å²) in [4.78, 5) is 10.9. The van der Waals surface area contributed by atoms with Crippen LogP contribution < -0.4 is 0 Å². The SMILES string of the molecule is CCCCC=CCC=CCCC=CCC=CCCC(CC)C(=O)O. The zero-order chi connectivity index (χ0) is 17.9. The monoisotopic (exact) mass is 332 g/mol. The van der Waals surface area contributed by atoms with Crippen LogP contribution in [0.25, 0.3) is 0 Å². The van der Waals surface area contributed by atoms with E-state index in [1.165, 1.54) is 19.3 Å². The average molecular weight is 333 g/mol. The Morgan fingerprint density at radius 3 is 1.75 bits per heavy atom. The van der Waals surface area contributed by atoms with Crippen molar-refractivity contribution in [3.63, 3.8) is 0 Å². The summed E-state index contributed by atoms with van der Waals surface area (Å²) in [5, 5.41) is 8.95. The van der Waals surface area contributed by atoms with E-state index < -0.39 is 5.97 Å². The van der Waals surface area contributed by atoms with Gasteiger partial charge in [-0.15, -0.1) is 0 Å². The minimum Gasteiger partial charge on any atom is -0.481 e. The Kier molecular flexibility index (Phi) is 16.6. The van der Waals surface area contributed by atoms with Crippen molar-refractivity contribution in [1.82, 2.24) is 0 Å². The molecule has 0 aliphatic carbocycles. The Morgan fingerprint density at radius 2 is 1.29 bits per heavy atom. The average Bonchev–Trinajstić information content (AvgIpc) is 2.57. The van der Waals surface area contributed by atoms with Gasteiger partial charge in [0.1, 0.15) is 0 Å². The predicted molar refractivity (Wildman–Crippen MR) is 105 cm³/mol. The summed E-state index contributed by atoms with van der Waals surface area (Å²) in [5.74, 6) is -0.867. The van der Waals surface area contributed by atoms with Gasteiger partial charge >= 0.3 is 5.97 Å². The third kappa shape index (κ3) is 15.3. The summed E-state index contributed by atoms with van der Waals surface area (Å²) in [6.45, 7) is 4.15. The van der Waals surface area contributed by atoms with Crippen LogP contribution in [0.3, 0.4) is 0 Å². The molecule has 1 unspecified atom stereocenters. The van der Waals surface area contributed by atoms with Crippen LogP contribution >= 0.6 is 0 Å². The van der Waals surface area contributed by atoms with E-state index in [-0.39, 0.29) is 5.92 Å². The molecule has 2 heteroatoms. The first-order valence-electron chi connectivity index (χ1n) is 9.55. The first-order chi connectivity index (χ1) is 11.7. The molecule has 0 aliphatic heterocycles. The van der Waals surface area contributed by atoms with Gasteiger partial charge in [0.05, 0.1) is 5.92 Å². The van der Waals surface area contributed by atoms with E-state index in [2.05, 4.69) is 55.5 Å². The van der Waals surface area contributed by atoms with Crippen LogP contribution in [-0.2, 0) is 4.79 Å². The molecule has 0 saturated carbocycles. The molecule has 0 radical (unpaired) electrons. The summed E-state index contributed by atoms with van der Waals surface area (Å²) >= 11 is 0. The van der Waals surface area contributed by atoms with Gasteiger partial charge in [-0.05, 0) is 51.4 Å².